The second kappa shape index (κ2) is 5.07. The Hall–Kier alpha value is -1.36. The van der Waals surface area contributed by atoms with Gasteiger partial charge in [-0.2, -0.15) is 0 Å². The Balaban J connectivity index is 1.90. The summed E-state index contributed by atoms with van der Waals surface area (Å²) in [5.41, 5.74) is 0.0634. The summed E-state index contributed by atoms with van der Waals surface area (Å²) < 4.78 is 5.76. The SMILES string of the molecule is C=C1CC23CC1CCC2C1(OC=O)CCC(O)C(C)C1C3C(=O)O. The van der Waals surface area contributed by atoms with E-state index in [4.69, 9.17) is 4.74 Å². The number of carbonyl (C=O) groups is 2. The molecule has 5 heteroatoms. The minimum Gasteiger partial charge on any atom is -0.481 e. The third-order valence-corrected chi connectivity index (χ3v) is 7.93. The zero-order chi connectivity index (χ0) is 17.3. The first-order valence-electron chi connectivity index (χ1n) is 9.07. The number of hydrogen-bond donors (Lipinski definition) is 2. The van der Waals surface area contributed by atoms with Gasteiger partial charge in [0.05, 0.1) is 12.0 Å². The maximum atomic E-state index is 12.3. The molecule has 5 nitrogen and oxygen atoms in total. The fourth-order valence-corrected chi connectivity index (χ4v) is 7.20. The summed E-state index contributed by atoms with van der Waals surface area (Å²) >= 11 is 0. The summed E-state index contributed by atoms with van der Waals surface area (Å²) in [6, 6.07) is 0. The largest absolute Gasteiger partial charge is 0.481 e. The van der Waals surface area contributed by atoms with Gasteiger partial charge >= 0.3 is 5.97 Å². The molecule has 1 spiro atoms. The lowest BCUT2D eigenvalue weighted by atomic mass is 9.62. The molecule has 0 aliphatic heterocycles. The van der Waals surface area contributed by atoms with E-state index in [9.17, 15) is 19.8 Å². The minimum atomic E-state index is -0.808. The van der Waals surface area contributed by atoms with Gasteiger partial charge in [-0.1, -0.05) is 19.1 Å². The Morgan fingerprint density at radius 2 is 2.12 bits per heavy atom. The molecule has 4 aliphatic rings. The molecule has 4 rings (SSSR count). The van der Waals surface area contributed by atoms with Gasteiger partial charge in [0.1, 0.15) is 5.60 Å². The van der Waals surface area contributed by atoms with E-state index in [-0.39, 0.29) is 23.2 Å². The van der Waals surface area contributed by atoms with E-state index < -0.39 is 23.6 Å². The maximum Gasteiger partial charge on any atom is 0.307 e. The molecule has 24 heavy (non-hydrogen) atoms. The molecule has 4 fully saturated rings. The monoisotopic (exact) mass is 334 g/mol. The van der Waals surface area contributed by atoms with Gasteiger partial charge in [-0.05, 0) is 55.8 Å². The van der Waals surface area contributed by atoms with Crippen LogP contribution >= 0.6 is 0 Å². The van der Waals surface area contributed by atoms with Crippen molar-refractivity contribution in [2.45, 2.75) is 57.2 Å². The number of aliphatic carboxylic acids is 1. The normalized spacial score (nSPS) is 52.5. The Kier molecular flexibility index (Phi) is 3.41. The average Bonchev–Trinajstić information content (AvgIpc) is 2.92. The zero-order valence-corrected chi connectivity index (χ0v) is 14.1. The van der Waals surface area contributed by atoms with Gasteiger partial charge in [0.2, 0.25) is 0 Å². The molecule has 8 atom stereocenters. The van der Waals surface area contributed by atoms with E-state index in [1.54, 1.807) is 0 Å². The molecule has 0 amide bonds. The van der Waals surface area contributed by atoms with Crippen molar-refractivity contribution >= 4 is 12.4 Å². The summed E-state index contributed by atoms with van der Waals surface area (Å²) in [7, 11) is 0. The highest BCUT2D eigenvalue weighted by molar-refractivity contribution is 5.73. The van der Waals surface area contributed by atoms with Crippen molar-refractivity contribution in [1.29, 1.82) is 0 Å². The number of carbonyl (C=O) groups excluding carboxylic acids is 1. The van der Waals surface area contributed by atoms with E-state index in [2.05, 4.69) is 6.58 Å². The van der Waals surface area contributed by atoms with Crippen molar-refractivity contribution in [3.63, 3.8) is 0 Å². The summed E-state index contributed by atoms with van der Waals surface area (Å²) in [6.07, 6.45) is 4.06. The predicted octanol–water partition coefficient (Wildman–Crippen LogP) is 2.38. The Morgan fingerprint density at radius 3 is 2.79 bits per heavy atom. The summed E-state index contributed by atoms with van der Waals surface area (Å²) in [4.78, 5) is 23.7. The Morgan fingerprint density at radius 1 is 1.38 bits per heavy atom. The van der Waals surface area contributed by atoms with Crippen LogP contribution in [0.1, 0.15) is 45.4 Å². The Bertz CT molecular complexity index is 601. The quantitative estimate of drug-likeness (QED) is 0.611. The fourth-order valence-electron chi connectivity index (χ4n) is 7.20. The molecule has 4 saturated carbocycles. The number of hydrogen-bond acceptors (Lipinski definition) is 4. The first-order chi connectivity index (χ1) is 11.4. The van der Waals surface area contributed by atoms with Crippen LogP contribution in [0, 0.1) is 35.0 Å². The van der Waals surface area contributed by atoms with Crippen LogP contribution in [0.5, 0.6) is 0 Å². The van der Waals surface area contributed by atoms with Crippen LogP contribution in [0.4, 0.5) is 0 Å². The van der Waals surface area contributed by atoms with Crippen molar-refractivity contribution < 1.29 is 24.5 Å². The van der Waals surface area contributed by atoms with Crippen molar-refractivity contribution in [2.75, 3.05) is 0 Å². The second-order valence-corrected chi connectivity index (χ2v) is 8.58. The van der Waals surface area contributed by atoms with Gasteiger partial charge in [0.15, 0.2) is 0 Å². The fraction of sp³-hybridized carbons (Fsp3) is 0.789. The lowest BCUT2D eigenvalue weighted by Crippen LogP contribution is -2.53. The third kappa shape index (κ3) is 1.74. The van der Waals surface area contributed by atoms with Crippen molar-refractivity contribution in [1.82, 2.24) is 0 Å². The number of aliphatic hydroxyl groups excluding tert-OH is 1. The van der Waals surface area contributed by atoms with Crippen LogP contribution in [-0.2, 0) is 14.3 Å². The van der Waals surface area contributed by atoms with Crippen LogP contribution in [0.3, 0.4) is 0 Å². The van der Waals surface area contributed by atoms with Crippen LogP contribution in [-0.4, -0.2) is 34.4 Å². The number of ether oxygens (including phenoxy) is 1. The second-order valence-electron chi connectivity index (χ2n) is 8.58. The summed E-state index contributed by atoms with van der Waals surface area (Å²) in [6.45, 7) is 6.64. The zero-order valence-electron chi connectivity index (χ0n) is 14.1. The number of aliphatic hydroxyl groups is 1. The highest BCUT2D eigenvalue weighted by Crippen LogP contribution is 2.73. The lowest BCUT2D eigenvalue weighted by molar-refractivity contribution is -0.178. The molecule has 0 aromatic rings. The number of carboxylic acids is 1. The molecule has 132 valence electrons. The molecule has 0 radical (unpaired) electrons. The van der Waals surface area contributed by atoms with Gasteiger partial charge in [-0.3, -0.25) is 9.59 Å². The molecule has 0 saturated heterocycles. The molecule has 0 aromatic heterocycles. The standard InChI is InChI=1S/C19H26O5/c1-10-7-18-8-12(10)3-4-14(18)19(24-9-20)6-5-13(21)11(2)15(19)16(18)17(22)23/h9,11-16,21H,1,3-8H2,2H3,(H,22,23). The summed E-state index contributed by atoms with van der Waals surface area (Å²) in [5.74, 6) is -1.43. The lowest BCUT2D eigenvalue weighted by Gasteiger charge is -2.48. The van der Waals surface area contributed by atoms with E-state index in [0.717, 1.165) is 31.3 Å². The number of allylic oxidation sites excluding steroid dienone is 1. The van der Waals surface area contributed by atoms with Crippen molar-refractivity contribution in [3.05, 3.63) is 12.2 Å². The van der Waals surface area contributed by atoms with Gasteiger partial charge in [0, 0.05) is 11.8 Å². The van der Waals surface area contributed by atoms with Crippen LogP contribution < -0.4 is 0 Å². The van der Waals surface area contributed by atoms with Gasteiger partial charge in [-0.25, -0.2) is 0 Å². The summed E-state index contributed by atoms with van der Waals surface area (Å²) in [5, 5.41) is 20.5. The topological polar surface area (TPSA) is 83.8 Å². The molecule has 2 N–H and O–H groups in total. The highest BCUT2D eigenvalue weighted by Gasteiger charge is 2.75. The van der Waals surface area contributed by atoms with Gasteiger partial charge in [0.25, 0.3) is 6.47 Å². The minimum absolute atomic E-state index is 0.0618. The van der Waals surface area contributed by atoms with Crippen molar-refractivity contribution in [2.24, 2.45) is 35.0 Å². The highest BCUT2D eigenvalue weighted by atomic mass is 16.5. The third-order valence-electron chi connectivity index (χ3n) is 7.93. The molecular weight excluding hydrogens is 308 g/mol. The number of fused-ring (bicyclic) bond motifs is 3. The van der Waals surface area contributed by atoms with E-state index in [1.807, 2.05) is 6.92 Å². The van der Waals surface area contributed by atoms with Crippen LogP contribution in [0.2, 0.25) is 0 Å². The van der Waals surface area contributed by atoms with E-state index in [0.29, 0.717) is 25.2 Å². The molecule has 2 bridgehead atoms. The first kappa shape index (κ1) is 16.1. The van der Waals surface area contributed by atoms with Gasteiger partial charge < -0.3 is 14.9 Å². The van der Waals surface area contributed by atoms with Crippen molar-refractivity contribution in [3.8, 4) is 0 Å². The van der Waals surface area contributed by atoms with Gasteiger partial charge in [-0.15, -0.1) is 0 Å². The molecule has 4 aliphatic carbocycles. The molecule has 8 unspecified atom stereocenters. The Labute approximate surface area is 142 Å². The number of carboxylic acid groups (broad SMARTS) is 1. The molecule has 0 heterocycles. The first-order valence-corrected chi connectivity index (χ1v) is 9.07. The molecule has 0 aromatic carbocycles. The number of rotatable bonds is 3. The van der Waals surface area contributed by atoms with Crippen LogP contribution in [0.25, 0.3) is 0 Å². The average molecular weight is 334 g/mol. The van der Waals surface area contributed by atoms with Crippen LogP contribution in [0.15, 0.2) is 12.2 Å². The smallest absolute Gasteiger partial charge is 0.307 e. The van der Waals surface area contributed by atoms with E-state index in [1.165, 1.54) is 0 Å². The van der Waals surface area contributed by atoms with E-state index >= 15 is 0 Å². The predicted molar refractivity (Wildman–Crippen MR) is 85.9 cm³/mol. The molecular formula is C19H26O5. The maximum absolute atomic E-state index is 12.3.